The number of hydrogen-bond donors (Lipinski definition) is 2. The third-order valence-electron chi connectivity index (χ3n) is 3.67. The molecule has 0 spiro atoms. The van der Waals surface area contributed by atoms with Crippen molar-refractivity contribution in [1.29, 1.82) is 0 Å². The van der Waals surface area contributed by atoms with Gasteiger partial charge in [-0.3, -0.25) is 4.79 Å². The van der Waals surface area contributed by atoms with Crippen molar-refractivity contribution in [2.24, 2.45) is 0 Å². The molecule has 2 rings (SSSR count). The van der Waals surface area contributed by atoms with Crippen molar-refractivity contribution in [3.63, 3.8) is 0 Å². The molecule has 0 amide bonds. The summed E-state index contributed by atoms with van der Waals surface area (Å²) in [6.07, 6.45) is 0.547. The number of methoxy groups -OCH3 is 1. The summed E-state index contributed by atoms with van der Waals surface area (Å²) in [6, 6.07) is 5.71. The minimum atomic E-state index is -0.829. The molecule has 2 N–H and O–H groups in total. The number of aromatic nitrogens is 2. The molecule has 21 heavy (non-hydrogen) atoms. The monoisotopic (exact) mass is 292 g/mol. The van der Waals surface area contributed by atoms with Gasteiger partial charge in [0.1, 0.15) is 22.8 Å². The standard InChI is InChI=1S/C15H17FN2O3/c1-4-15(2,21-3)14-17-12(19)11(13(20)18-14)9-7-5-6-8-10(9)16/h5-8H,4H2,1-3H3,(H2,17,18,19,20). The summed E-state index contributed by atoms with van der Waals surface area (Å²) >= 11 is 0. The molecular weight excluding hydrogens is 275 g/mol. The maximum atomic E-state index is 13.8. The van der Waals surface area contributed by atoms with Gasteiger partial charge < -0.3 is 14.8 Å². The van der Waals surface area contributed by atoms with Crippen molar-refractivity contribution in [1.82, 2.24) is 9.97 Å². The van der Waals surface area contributed by atoms with Gasteiger partial charge in [-0.25, -0.2) is 4.39 Å². The number of ether oxygens (including phenoxy) is 1. The smallest absolute Gasteiger partial charge is 0.262 e. The van der Waals surface area contributed by atoms with Crippen LogP contribution in [0.25, 0.3) is 11.1 Å². The fourth-order valence-corrected chi connectivity index (χ4v) is 2.03. The lowest BCUT2D eigenvalue weighted by molar-refractivity contribution is -0.00956. The van der Waals surface area contributed by atoms with Gasteiger partial charge in [0.05, 0.1) is 0 Å². The zero-order valence-corrected chi connectivity index (χ0v) is 12.1. The Labute approximate surface area is 121 Å². The van der Waals surface area contributed by atoms with Crippen LogP contribution in [-0.4, -0.2) is 22.2 Å². The molecule has 0 fully saturated rings. The largest absolute Gasteiger partial charge is 0.493 e. The molecule has 1 aromatic heterocycles. The molecule has 1 aromatic carbocycles. The van der Waals surface area contributed by atoms with E-state index >= 15 is 0 Å². The number of aromatic amines is 1. The molecule has 5 nitrogen and oxygen atoms in total. The second-order valence-corrected chi connectivity index (χ2v) is 4.88. The van der Waals surface area contributed by atoms with Crippen LogP contribution in [0.4, 0.5) is 4.39 Å². The zero-order valence-electron chi connectivity index (χ0n) is 12.1. The lowest BCUT2D eigenvalue weighted by Crippen LogP contribution is -2.29. The number of halogens is 1. The summed E-state index contributed by atoms with van der Waals surface area (Å²) in [5, 5.41) is 10.1. The van der Waals surface area contributed by atoms with E-state index in [1.165, 1.54) is 25.3 Å². The number of H-pyrrole nitrogens is 1. The normalized spacial score (nSPS) is 13.9. The highest BCUT2D eigenvalue weighted by Crippen LogP contribution is 2.30. The highest BCUT2D eigenvalue weighted by atomic mass is 19.1. The first-order chi connectivity index (χ1) is 9.92. The molecule has 0 aliphatic carbocycles. The average molecular weight is 292 g/mol. The maximum absolute atomic E-state index is 13.8. The van der Waals surface area contributed by atoms with Crippen molar-refractivity contribution in [3.05, 3.63) is 46.3 Å². The Balaban J connectivity index is 2.64. The molecular formula is C15H17FN2O3. The van der Waals surface area contributed by atoms with E-state index < -0.39 is 22.9 Å². The summed E-state index contributed by atoms with van der Waals surface area (Å²) in [5.74, 6) is -0.913. The van der Waals surface area contributed by atoms with Gasteiger partial charge in [-0.1, -0.05) is 25.1 Å². The summed E-state index contributed by atoms with van der Waals surface area (Å²) < 4.78 is 19.1. The van der Waals surface area contributed by atoms with E-state index in [0.29, 0.717) is 6.42 Å². The third-order valence-corrected chi connectivity index (χ3v) is 3.67. The summed E-state index contributed by atoms with van der Waals surface area (Å²) in [5.41, 5.74) is -1.62. The van der Waals surface area contributed by atoms with Crippen LogP contribution >= 0.6 is 0 Å². The van der Waals surface area contributed by atoms with Gasteiger partial charge in [0.2, 0.25) is 5.88 Å². The lowest BCUT2D eigenvalue weighted by Gasteiger charge is -2.25. The van der Waals surface area contributed by atoms with Crippen LogP contribution in [0.3, 0.4) is 0 Å². The van der Waals surface area contributed by atoms with Crippen LogP contribution < -0.4 is 5.56 Å². The molecule has 6 heteroatoms. The Bertz CT molecular complexity index is 708. The summed E-state index contributed by atoms with van der Waals surface area (Å²) in [7, 11) is 1.49. The van der Waals surface area contributed by atoms with Crippen LogP contribution in [0.5, 0.6) is 5.88 Å². The predicted octanol–water partition coefficient (Wildman–Crippen LogP) is 2.55. The van der Waals surface area contributed by atoms with E-state index in [9.17, 15) is 14.3 Å². The van der Waals surface area contributed by atoms with E-state index in [1.807, 2.05) is 6.92 Å². The quantitative estimate of drug-likeness (QED) is 0.908. The SMILES string of the molecule is CCC(C)(OC)c1nc(O)c(-c2ccccc2F)c(=O)[nH]1. The second kappa shape index (κ2) is 5.65. The molecule has 0 saturated carbocycles. The molecule has 0 saturated heterocycles. The van der Waals surface area contributed by atoms with E-state index in [4.69, 9.17) is 4.74 Å². The highest BCUT2D eigenvalue weighted by Gasteiger charge is 2.29. The van der Waals surface area contributed by atoms with E-state index in [0.717, 1.165) is 0 Å². The van der Waals surface area contributed by atoms with Gasteiger partial charge in [-0.05, 0) is 19.4 Å². The van der Waals surface area contributed by atoms with Gasteiger partial charge in [0.15, 0.2) is 0 Å². The first-order valence-electron chi connectivity index (χ1n) is 6.56. The van der Waals surface area contributed by atoms with Crippen LogP contribution in [-0.2, 0) is 10.3 Å². The van der Waals surface area contributed by atoms with E-state index in [-0.39, 0.29) is 17.0 Å². The number of rotatable bonds is 4. The van der Waals surface area contributed by atoms with E-state index in [2.05, 4.69) is 9.97 Å². The average Bonchev–Trinajstić information content (AvgIpc) is 2.47. The molecule has 1 unspecified atom stereocenters. The predicted molar refractivity (Wildman–Crippen MR) is 76.6 cm³/mol. The fraction of sp³-hybridized carbons (Fsp3) is 0.333. The minimum absolute atomic E-state index is 0.00548. The minimum Gasteiger partial charge on any atom is -0.493 e. The number of benzene rings is 1. The topological polar surface area (TPSA) is 75.2 Å². The number of nitrogens with one attached hydrogen (secondary N) is 1. The molecule has 1 heterocycles. The van der Waals surface area contributed by atoms with Crippen LogP contribution in [0, 0.1) is 5.82 Å². The number of hydrogen-bond acceptors (Lipinski definition) is 4. The van der Waals surface area contributed by atoms with Crippen LogP contribution in [0.15, 0.2) is 29.1 Å². The van der Waals surface area contributed by atoms with Crippen LogP contribution in [0.1, 0.15) is 26.1 Å². The van der Waals surface area contributed by atoms with Crippen molar-refractivity contribution < 1.29 is 14.2 Å². The Morgan fingerprint density at radius 1 is 1.43 bits per heavy atom. The van der Waals surface area contributed by atoms with Gasteiger partial charge in [0, 0.05) is 12.7 Å². The molecule has 0 radical (unpaired) electrons. The van der Waals surface area contributed by atoms with Gasteiger partial charge in [-0.15, -0.1) is 0 Å². The summed E-state index contributed by atoms with van der Waals surface area (Å²) in [6.45, 7) is 3.61. The fourth-order valence-electron chi connectivity index (χ4n) is 2.03. The molecule has 0 aliphatic heterocycles. The van der Waals surface area contributed by atoms with Gasteiger partial charge in [-0.2, -0.15) is 4.98 Å². The van der Waals surface area contributed by atoms with Gasteiger partial charge >= 0.3 is 0 Å². The summed E-state index contributed by atoms with van der Waals surface area (Å²) in [4.78, 5) is 18.8. The molecule has 112 valence electrons. The Morgan fingerprint density at radius 3 is 2.62 bits per heavy atom. The highest BCUT2D eigenvalue weighted by molar-refractivity contribution is 5.67. The van der Waals surface area contributed by atoms with Crippen molar-refractivity contribution in [2.75, 3.05) is 7.11 Å². The maximum Gasteiger partial charge on any atom is 0.262 e. The molecule has 1 atom stereocenters. The molecule has 0 aliphatic rings. The van der Waals surface area contributed by atoms with Crippen molar-refractivity contribution >= 4 is 0 Å². The Kier molecular flexibility index (Phi) is 4.09. The number of aromatic hydroxyl groups is 1. The van der Waals surface area contributed by atoms with Crippen molar-refractivity contribution in [3.8, 4) is 17.0 Å². The molecule has 0 bridgehead atoms. The zero-order chi connectivity index (χ0) is 15.6. The van der Waals surface area contributed by atoms with Crippen LogP contribution in [0.2, 0.25) is 0 Å². The first kappa shape index (κ1) is 15.2. The third kappa shape index (κ3) is 2.67. The van der Waals surface area contributed by atoms with Gasteiger partial charge in [0.25, 0.3) is 5.56 Å². The first-order valence-corrected chi connectivity index (χ1v) is 6.56. The van der Waals surface area contributed by atoms with Crippen molar-refractivity contribution in [2.45, 2.75) is 25.9 Å². The molecule has 2 aromatic rings. The number of nitrogens with zero attached hydrogens (tertiary/aromatic N) is 1. The van der Waals surface area contributed by atoms with E-state index in [1.54, 1.807) is 13.0 Å². The Morgan fingerprint density at radius 2 is 2.10 bits per heavy atom. The lowest BCUT2D eigenvalue weighted by atomic mass is 10.0. The Hall–Kier alpha value is -2.21. The second-order valence-electron chi connectivity index (χ2n) is 4.88.